The summed E-state index contributed by atoms with van der Waals surface area (Å²) in [5.41, 5.74) is 4.38. The topological polar surface area (TPSA) is 78.3 Å². The largest absolute Gasteiger partial charge is 0.465 e. The van der Waals surface area contributed by atoms with E-state index in [1.54, 1.807) is 55.6 Å². The molecule has 2 heterocycles. The van der Waals surface area contributed by atoms with Gasteiger partial charge in [0.05, 0.1) is 28.8 Å². The van der Waals surface area contributed by atoms with E-state index in [4.69, 9.17) is 16.3 Å². The quantitative estimate of drug-likeness (QED) is 0.300. The molecule has 0 atom stereocenters. The zero-order valence-corrected chi connectivity index (χ0v) is 19.6. The fourth-order valence-electron chi connectivity index (χ4n) is 3.80. The zero-order valence-electron chi connectivity index (χ0n) is 18.0. The van der Waals surface area contributed by atoms with Gasteiger partial charge in [-0.25, -0.2) is 22.2 Å². The number of pyridine rings is 1. The minimum Gasteiger partial charge on any atom is -0.465 e. The number of rotatable bonds is 4. The van der Waals surface area contributed by atoms with Crippen LogP contribution in [0, 0.1) is 20.8 Å². The van der Waals surface area contributed by atoms with Crippen molar-refractivity contribution in [2.24, 2.45) is 0 Å². The van der Waals surface area contributed by atoms with E-state index < -0.39 is 16.0 Å². The Morgan fingerprint density at radius 3 is 2.34 bits per heavy atom. The number of carbonyl (C=O) groups is 1. The molecule has 8 heteroatoms. The molecule has 0 spiro atoms. The number of halogens is 1. The molecule has 0 unspecified atom stereocenters. The summed E-state index contributed by atoms with van der Waals surface area (Å²) in [4.78, 5) is 16.6. The average Bonchev–Trinajstić information content (AvgIpc) is 3.11. The highest BCUT2D eigenvalue weighted by atomic mass is 35.5. The number of hydrogen-bond donors (Lipinski definition) is 0. The van der Waals surface area contributed by atoms with Crippen molar-refractivity contribution >= 4 is 38.5 Å². The van der Waals surface area contributed by atoms with E-state index in [0.717, 1.165) is 22.1 Å². The van der Waals surface area contributed by atoms with E-state index in [2.05, 4.69) is 4.98 Å². The number of fused-ring (bicyclic) bond motifs is 1. The monoisotopic (exact) mass is 468 g/mol. The molecule has 0 fully saturated rings. The predicted molar refractivity (Wildman–Crippen MR) is 125 cm³/mol. The maximum atomic E-state index is 13.4. The van der Waals surface area contributed by atoms with Gasteiger partial charge in [-0.05, 0) is 56.2 Å². The third-order valence-electron chi connectivity index (χ3n) is 5.40. The van der Waals surface area contributed by atoms with Crippen LogP contribution in [0.15, 0.2) is 59.6 Å². The Hall–Kier alpha value is -3.16. The Kier molecular flexibility index (Phi) is 5.56. The van der Waals surface area contributed by atoms with E-state index >= 15 is 0 Å². The molecular weight excluding hydrogens is 448 g/mol. The van der Waals surface area contributed by atoms with Gasteiger partial charge in [-0.15, -0.1) is 0 Å². The third-order valence-corrected chi connectivity index (χ3v) is 7.36. The lowest BCUT2D eigenvalue weighted by atomic mass is 10.0. The van der Waals surface area contributed by atoms with Crippen LogP contribution in [0.3, 0.4) is 0 Å². The molecule has 2 aromatic heterocycles. The van der Waals surface area contributed by atoms with Crippen molar-refractivity contribution in [3.63, 3.8) is 0 Å². The van der Waals surface area contributed by atoms with Crippen molar-refractivity contribution < 1.29 is 17.9 Å². The average molecular weight is 469 g/mol. The number of methoxy groups -OCH3 is 1. The predicted octanol–water partition coefficient (Wildman–Crippen LogP) is 5.31. The van der Waals surface area contributed by atoms with Gasteiger partial charge in [0, 0.05) is 17.1 Å². The fraction of sp³-hybridized carbons (Fsp3) is 0.167. The van der Waals surface area contributed by atoms with Gasteiger partial charge in [-0.1, -0.05) is 41.4 Å². The van der Waals surface area contributed by atoms with Crippen LogP contribution >= 0.6 is 11.6 Å². The summed E-state index contributed by atoms with van der Waals surface area (Å²) < 4.78 is 32.8. The summed E-state index contributed by atoms with van der Waals surface area (Å²) >= 11 is 6.31. The molecule has 0 N–H and O–H groups in total. The highest BCUT2D eigenvalue weighted by Gasteiger charge is 2.23. The third kappa shape index (κ3) is 3.57. The first kappa shape index (κ1) is 22.0. The molecule has 0 bridgehead atoms. The summed E-state index contributed by atoms with van der Waals surface area (Å²) in [5, 5.41) is 0.783. The molecule has 164 valence electrons. The van der Waals surface area contributed by atoms with Crippen molar-refractivity contribution in [3.8, 4) is 11.3 Å². The van der Waals surface area contributed by atoms with Gasteiger partial charge in [0.2, 0.25) is 0 Å². The first-order valence-corrected chi connectivity index (χ1v) is 11.7. The second-order valence-electron chi connectivity index (χ2n) is 7.61. The Balaban J connectivity index is 1.93. The molecule has 0 amide bonds. The number of carbonyl (C=O) groups excluding carboxylic acids is 1. The van der Waals surface area contributed by atoms with Crippen molar-refractivity contribution in [1.29, 1.82) is 0 Å². The molecule has 0 saturated heterocycles. The number of benzene rings is 2. The highest BCUT2D eigenvalue weighted by Crippen LogP contribution is 2.35. The molecule has 6 nitrogen and oxygen atoms in total. The highest BCUT2D eigenvalue weighted by molar-refractivity contribution is 7.90. The van der Waals surface area contributed by atoms with Crippen molar-refractivity contribution in [2.45, 2.75) is 25.7 Å². The maximum Gasteiger partial charge on any atom is 0.341 e. The fourth-order valence-corrected chi connectivity index (χ4v) is 5.54. The SMILES string of the molecule is COC(=O)c1c(C)cc(-c2cccc3c2c(C)cn3S(=O)(=O)c2ccc(C)cc2)nc1Cl. The van der Waals surface area contributed by atoms with Crippen LogP contribution in [0.2, 0.25) is 5.15 Å². The van der Waals surface area contributed by atoms with E-state index in [1.165, 1.54) is 11.1 Å². The first-order chi connectivity index (χ1) is 15.1. The molecule has 0 aliphatic carbocycles. The molecule has 0 aliphatic heterocycles. The van der Waals surface area contributed by atoms with Gasteiger partial charge >= 0.3 is 5.97 Å². The molecule has 0 aliphatic rings. The van der Waals surface area contributed by atoms with Crippen molar-refractivity contribution in [3.05, 3.63) is 82.1 Å². The Morgan fingerprint density at radius 1 is 1.03 bits per heavy atom. The Morgan fingerprint density at radius 2 is 1.72 bits per heavy atom. The smallest absolute Gasteiger partial charge is 0.341 e. The van der Waals surface area contributed by atoms with Crippen LogP contribution in [0.5, 0.6) is 0 Å². The van der Waals surface area contributed by atoms with Crippen LogP contribution in [-0.2, 0) is 14.8 Å². The Labute approximate surface area is 191 Å². The minimum atomic E-state index is -3.79. The van der Waals surface area contributed by atoms with E-state index in [0.29, 0.717) is 16.8 Å². The number of hydrogen-bond acceptors (Lipinski definition) is 5. The summed E-state index contributed by atoms with van der Waals surface area (Å²) in [5.74, 6) is -0.559. The molecule has 2 aromatic carbocycles. The normalized spacial score (nSPS) is 11.7. The summed E-state index contributed by atoms with van der Waals surface area (Å²) in [6, 6.07) is 13.9. The Bertz CT molecular complexity index is 1450. The minimum absolute atomic E-state index is 0.0354. The molecule has 0 saturated carbocycles. The number of ether oxygens (including phenoxy) is 1. The molecule has 4 rings (SSSR count). The second-order valence-corrected chi connectivity index (χ2v) is 9.78. The van der Waals surface area contributed by atoms with Crippen LogP contribution in [0.25, 0.3) is 22.2 Å². The second kappa shape index (κ2) is 8.07. The van der Waals surface area contributed by atoms with Gasteiger partial charge in [0.15, 0.2) is 0 Å². The zero-order chi connectivity index (χ0) is 23.2. The van der Waals surface area contributed by atoms with Crippen molar-refractivity contribution in [2.75, 3.05) is 7.11 Å². The van der Waals surface area contributed by atoms with Crippen LogP contribution in [0.1, 0.15) is 27.0 Å². The van der Waals surface area contributed by atoms with Gasteiger partial charge in [-0.3, -0.25) is 0 Å². The number of nitrogens with zero attached hydrogens (tertiary/aromatic N) is 2. The van der Waals surface area contributed by atoms with Gasteiger partial charge in [-0.2, -0.15) is 0 Å². The lowest BCUT2D eigenvalue weighted by molar-refractivity contribution is 0.0599. The number of aromatic nitrogens is 2. The molecule has 4 aromatic rings. The van der Waals surface area contributed by atoms with E-state index in [1.807, 2.05) is 19.9 Å². The molecule has 0 radical (unpaired) electrons. The number of aryl methyl sites for hydroxylation is 3. The lowest BCUT2D eigenvalue weighted by Gasteiger charge is -2.11. The van der Waals surface area contributed by atoms with E-state index in [9.17, 15) is 13.2 Å². The standard InChI is InChI=1S/C24H21ClN2O4S/c1-14-8-10-17(11-9-14)32(29,30)27-13-16(3)21-18(6-5-7-20(21)27)19-12-15(2)22(23(25)26-19)24(28)31-4/h5-13H,1-4H3. The van der Waals surface area contributed by atoms with Crippen LogP contribution in [0.4, 0.5) is 0 Å². The summed E-state index contributed by atoms with van der Waals surface area (Å²) in [7, 11) is -2.50. The van der Waals surface area contributed by atoms with Gasteiger partial charge in [0.1, 0.15) is 5.15 Å². The number of esters is 1. The molecular formula is C24H21ClN2O4S. The van der Waals surface area contributed by atoms with Crippen molar-refractivity contribution in [1.82, 2.24) is 8.96 Å². The lowest BCUT2D eigenvalue weighted by Crippen LogP contribution is -2.11. The maximum absolute atomic E-state index is 13.4. The van der Waals surface area contributed by atoms with Gasteiger partial charge in [0.25, 0.3) is 10.0 Å². The first-order valence-electron chi connectivity index (χ1n) is 9.84. The van der Waals surface area contributed by atoms with E-state index in [-0.39, 0.29) is 15.6 Å². The van der Waals surface area contributed by atoms with Gasteiger partial charge < -0.3 is 4.74 Å². The van der Waals surface area contributed by atoms with Crippen LogP contribution in [-0.4, -0.2) is 30.5 Å². The molecule has 32 heavy (non-hydrogen) atoms. The summed E-state index contributed by atoms with van der Waals surface area (Å²) in [6.45, 7) is 5.51. The summed E-state index contributed by atoms with van der Waals surface area (Å²) in [6.07, 6.45) is 1.61. The van der Waals surface area contributed by atoms with Crippen LogP contribution < -0.4 is 0 Å².